The highest BCUT2D eigenvalue weighted by molar-refractivity contribution is 6.26. The molecule has 7 heteroatoms. The summed E-state index contributed by atoms with van der Waals surface area (Å²) in [6.45, 7) is 5.24. The highest BCUT2D eigenvalue weighted by Gasteiger charge is 2.08. The third kappa shape index (κ3) is 11.4. The standard InChI is InChI=1S/C12H19NO2.C2H2O4/c1-10(2)13-8-11(14)9-15-12-6-4-3-5-7-12;3-1(4)2(5)6/h3-7,10-11,13-14H,8-9H2,1-2H3;(H,3,4)(H,5,6). The second-order valence-corrected chi connectivity index (χ2v) is 4.59. The lowest BCUT2D eigenvalue weighted by Gasteiger charge is -2.12. The molecule has 4 N–H and O–H groups in total. The smallest absolute Gasteiger partial charge is 0.351 e. The van der Waals surface area contributed by atoms with Crippen LogP contribution in [0.4, 0.5) is 0 Å². The Bertz CT molecular complexity index is 409. The summed E-state index contributed by atoms with van der Waals surface area (Å²) in [5.74, 6) is -3.20. The monoisotopic (exact) mass is 299 g/mol. The van der Waals surface area contributed by atoms with Gasteiger partial charge in [0.05, 0.1) is 6.04 Å². The van der Waals surface area contributed by atoms with E-state index in [4.69, 9.17) is 24.5 Å². The van der Waals surface area contributed by atoms with Crippen LogP contribution in [0.2, 0.25) is 0 Å². The maximum atomic E-state index is 9.60. The van der Waals surface area contributed by atoms with Gasteiger partial charge in [-0.2, -0.15) is 0 Å². The summed E-state index contributed by atoms with van der Waals surface area (Å²) in [6, 6.07) is 10.1. The molecule has 118 valence electrons. The predicted octanol–water partition coefficient (Wildman–Crippen LogP) is -1.78. The summed E-state index contributed by atoms with van der Waals surface area (Å²) in [5.41, 5.74) is 0. The lowest BCUT2D eigenvalue weighted by atomic mass is 10.3. The van der Waals surface area contributed by atoms with Crippen molar-refractivity contribution < 1.29 is 35.0 Å². The van der Waals surface area contributed by atoms with Crippen molar-refractivity contribution in [1.29, 1.82) is 0 Å². The summed E-state index contributed by atoms with van der Waals surface area (Å²) in [6.07, 6.45) is -0.410. The maximum absolute atomic E-state index is 9.60. The Balaban J connectivity index is 0.000000567. The minimum atomic E-state index is -2.07. The number of hydrogen-bond acceptors (Lipinski definition) is 5. The van der Waals surface area contributed by atoms with E-state index in [2.05, 4.69) is 19.2 Å². The van der Waals surface area contributed by atoms with Crippen molar-refractivity contribution in [2.75, 3.05) is 13.2 Å². The number of aliphatic hydroxyl groups is 1. The number of carboxylic acid groups (broad SMARTS) is 2. The molecule has 0 heterocycles. The highest BCUT2D eigenvalue weighted by atomic mass is 16.5. The first-order valence-corrected chi connectivity index (χ1v) is 6.46. The van der Waals surface area contributed by atoms with Crippen LogP contribution in [0.25, 0.3) is 0 Å². The van der Waals surface area contributed by atoms with Gasteiger partial charge in [-0.05, 0) is 26.0 Å². The van der Waals surface area contributed by atoms with Crippen LogP contribution in [0.15, 0.2) is 30.3 Å². The van der Waals surface area contributed by atoms with Gasteiger partial charge >= 0.3 is 5.97 Å². The number of para-hydroxylation sites is 1. The fourth-order valence-electron chi connectivity index (χ4n) is 1.21. The zero-order valence-corrected chi connectivity index (χ0v) is 12.1. The molecule has 1 aromatic carbocycles. The zero-order valence-electron chi connectivity index (χ0n) is 12.1. The minimum Gasteiger partial charge on any atom is -0.539 e. The first kappa shape index (κ1) is 18.9. The Morgan fingerprint density at radius 1 is 1.29 bits per heavy atom. The molecular weight excluding hydrogens is 278 g/mol. The number of hydrogen-bond donors (Lipinski definition) is 3. The second kappa shape index (κ2) is 10.6. The molecule has 0 bridgehead atoms. The Labute approximate surface area is 123 Å². The molecule has 1 rings (SSSR count). The lowest BCUT2D eigenvalue weighted by Crippen LogP contribution is -2.90. The van der Waals surface area contributed by atoms with Crippen LogP contribution in [0, 0.1) is 0 Å². The van der Waals surface area contributed by atoms with E-state index in [9.17, 15) is 5.11 Å². The number of quaternary nitrogens is 1. The minimum absolute atomic E-state index is 0.354. The molecule has 0 aromatic heterocycles. The van der Waals surface area contributed by atoms with Gasteiger partial charge in [0.2, 0.25) is 0 Å². The average molecular weight is 299 g/mol. The van der Waals surface area contributed by atoms with Crippen LogP contribution in [0.1, 0.15) is 13.8 Å². The third-order valence-corrected chi connectivity index (χ3v) is 2.24. The first-order valence-electron chi connectivity index (χ1n) is 6.46. The number of benzene rings is 1. The van der Waals surface area contributed by atoms with Gasteiger partial charge in [0.25, 0.3) is 0 Å². The van der Waals surface area contributed by atoms with E-state index in [1.165, 1.54) is 0 Å². The number of carbonyl (C=O) groups excluding carboxylic acids is 1. The molecule has 0 saturated carbocycles. The van der Waals surface area contributed by atoms with Gasteiger partial charge in [0.15, 0.2) is 5.97 Å². The molecule has 0 radical (unpaired) electrons. The van der Waals surface area contributed by atoms with Gasteiger partial charge in [0, 0.05) is 0 Å². The molecule has 7 nitrogen and oxygen atoms in total. The maximum Gasteiger partial charge on any atom is 0.351 e. The fraction of sp³-hybridized carbons (Fsp3) is 0.429. The van der Waals surface area contributed by atoms with Gasteiger partial charge in [-0.3, -0.25) is 0 Å². The third-order valence-electron chi connectivity index (χ3n) is 2.24. The quantitative estimate of drug-likeness (QED) is 0.534. The van der Waals surface area contributed by atoms with Gasteiger partial charge in [-0.25, -0.2) is 4.79 Å². The molecule has 1 aromatic rings. The Morgan fingerprint density at radius 2 is 1.81 bits per heavy atom. The van der Waals surface area contributed by atoms with Crippen molar-refractivity contribution >= 4 is 11.9 Å². The average Bonchev–Trinajstić information content (AvgIpc) is 2.44. The normalized spacial score (nSPS) is 11.2. The number of ether oxygens (including phenoxy) is 1. The molecule has 1 atom stereocenters. The molecule has 21 heavy (non-hydrogen) atoms. The summed E-state index contributed by atoms with van der Waals surface area (Å²) < 4.78 is 5.43. The van der Waals surface area contributed by atoms with Crippen molar-refractivity contribution in [2.24, 2.45) is 0 Å². The molecule has 0 saturated heterocycles. The van der Waals surface area contributed by atoms with Crippen molar-refractivity contribution in [3.05, 3.63) is 30.3 Å². The van der Waals surface area contributed by atoms with Crippen LogP contribution in [0.3, 0.4) is 0 Å². The topological polar surface area (TPSA) is 124 Å². The highest BCUT2D eigenvalue weighted by Crippen LogP contribution is 2.07. The van der Waals surface area contributed by atoms with Gasteiger partial charge < -0.3 is 30.2 Å². The van der Waals surface area contributed by atoms with Crippen molar-refractivity contribution in [1.82, 2.24) is 0 Å². The predicted molar refractivity (Wildman–Crippen MR) is 72.5 cm³/mol. The van der Waals surface area contributed by atoms with Crippen LogP contribution in [0.5, 0.6) is 5.75 Å². The van der Waals surface area contributed by atoms with E-state index in [1.54, 1.807) is 0 Å². The van der Waals surface area contributed by atoms with E-state index in [0.29, 0.717) is 19.2 Å². The Kier molecular flexibility index (Phi) is 9.57. The van der Waals surface area contributed by atoms with Gasteiger partial charge in [-0.1, -0.05) is 18.2 Å². The molecule has 0 fully saturated rings. The van der Waals surface area contributed by atoms with Crippen LogP contribution in [-0.4, -0.2) is 47.4 Å². The molecule has 0 aliphatic rings. The van der Waals surface area contributed by atoms with E-state index in [-0.39, 0.29) is 0 Å². The number of aliphatic carboxylic acids is 2. The summed E-state index contributed by atoms with van der Waals surface area (Å²) in [5, 5.41) is 28.0. The largest absolute Gasteiger partial charge is 0.539 e. The SMILES string of the molecule is CC(C)[NH2+]CC(O)COc1ccccc1.O=C([O-])C(=O)O. The van der Waals surface area contributed by atoms with Crippen LogP contribution < -0.4 is 15.2 Å². The first-order chi connectivity index (χ1) is 9.82. The molecule has 0 spiro atoms. The van der Waals surface area contributed by atoms with Crippen molar-refractivity contribution in [3.8, 4) is 5.75 Å². The van der Waals surface area contributed by atoms with Gasteiger partial charge in [0.1, 0.15) is 25.0 Å². The molecule has 0 amide bonds. The summed E-state index contributed by atoms with van der Waals surface area (Å²) >= 11 is 0. The van der Waals surface area contributed by atoms with Crippen LogP contribution in [-0.2, 0) is 9.59 Å². The van der Waals surface area contributed by atoms with Crippen LogP contribution >= 0.6 is 0 Å². The van der Waals surface area contributed by atoms with Crippen molar-refractivity contribution in [2.45, 2.75) is 26.0 Å². The lowest BCUT2D eigenvalue weighted by molar-refractivity contribution is -0.688. The fourth-order valence-corrected chi connectivity index (χ4v) is 1.21. The molecular formula is C14H21NO6. The number of carboxylic acids is 2. The zero-order chi connectivity index (χ0) is 16.3. The van der Waals surface area contributed by atoms with E-state index < -0.39 is 18.0 Å². The molecule has 0 aliphatic carbocycles. The molecule has 0 aliphatic heterocycles. The van der Waals surface area contributed by atoms with Gasteiger partial charge in [-0.15, -0.1) is 0 Å². The number of aliphatic hydroxyl groups excluding tert-OH is 1. The van der Waals surface area contributed by atoms with E-state index >= 15 is 0 Å². The summed E-state index contributed by atoms with van der Waals surface area (Å²) in [4.78, 5) is 18.0. The second-order valence-electron chi connectivity index (χ2n) is 4.59. The van der Waals surface area contributed by atoms with E-state index in [0.717, 1.165) is 5.75 Å². The van der Waals surface area contributed by atoms with Crippen molar-refractivity contribution in [3.63, 3.8) is 0 Å². The Morgan fingerprint density at radius 3 is 2.24 bits per heavy atom. The summed E-state index contributed by atoms with van der Waals surface area (Å²) in [7, 11) is 0. The number of carbonyl (C=O) groups is 2. The molecule has 1 unspecified atom stereocenters. The number of nitrogens with two attached hydrogens (primary N) is 1. The Hall–Kier alpha value is -2.12. The van der Waals surface area contributed by atoms with E-state index in [1.807, 2.05) is 30.3 Å². The number of rotatable bonds is 6.